The van der Waals surface area contributed by atoms with Gasteiger partial charge in [0.25, 0.3) is 11.8 Å². The van der Waals surface area contributed by atoms with Crippen molar-refractivity contribution < 1.29 is 39.1 Å². The summed E-state index contributed by atoms with van der Waals surface area (Å²) in [7, 11) is -0.513. The Bertz CT molecular complexity index is 1870. The number of benzene rings is 3. The number of likely N-dealkylation sites (tertiary alicyclic amines) is 1. The number of alkyl halides is 2. The zero-order valence-electron chi connectivity index (χ0n) is 25.0. The number of nitrogens with zero attached hydrogens (tertiary/aromatic N) is 2. The van der Waals surface area contributed by atoms with Crippen LogP contribution in [0.2, 0.25) is 0 Å². The number of rotatable bonds is 6. The minimum Gasteiger partial charge on any atom is -0.508 e. The van der Waals surface area contributed by atoms with Gasteiger partial charge in [-0.2, -0.15) is 0 Å². The molecule has 2 aliphatic carbocycles. The Kier molecular flexibility index (Phi) is 7.51. The molecule has 2 heterocycles. The molecule has 3 aromatic carbocycles. The number of anilines is 1. The first-order valence-electron chi connectivity index (χ1n) is 15.1. The average Bonchev–Trinajstić information content (AvgIpc) is 3.39. The first-order valence-corrected chi connectivity index (χ1v) is 15.9. The van der Waals surface area contributed by atoms with E-state index in [2.05, 4.69) is 0 Å². The molecule has 13 heteroatoms. The van der Waals surface area contributed by atoms with Crippen LogP contribution in [0.15, 0.2) is 84.4 Å². The molecule has 240 valence electrons. The van der Waals surface area contributed by atoms with Crippen LogP contribution in [0.25, 0.3) is 0 Å². The molecule has 0 radical (unpaired) electrons. The normalized spacial score (nSPS) is 29.8. The molecule has 3 aromatic rings. The highest BCUT2D eigenvalue weighted by Crippen LogP contribution is 2.66. The molecule has 4 aliphatic rings. The highest BCUT2D eigenvalue weighted by molar-refractivity contribution is 6.58. The zero-order chi connectivity index (χ0) is 33.4. The highest BCUT2D eigenvalue weighted by atomic mass is 35.5. The lowest BCUT2D eigenvalue weighted by Gasteiger charge is -2.50. The van der Waals surface area contributed by atoms with Crippen LogP contribution >= 0.6 is 23.2 Å². The van der Waals surface area contributed by atoms with E-state index in [-0.39, 0.29) is 41.9 Å². The number of amides is 4. The van der Waals surface area contributed by atoms with Crippen LogP contribution in [0, 0.1) is 17.8 Å². The second-order valence-corrected chi connectivity index (χ2v) is 13.7. The van der Waals surface area contributed by atoms with E-state index in [4.69, 9.17) is 27.9 Å². The lowest BCUT2D eigenvalue weighted by molar-refractivity contribution is -0.138. The van der Waals surface area contributed by atoms with Crippen molar-refractivity contribution in [3.05, 3.63) is 95.6 Å². The number of phenols is 1. The summed E-state index contributed by atoms with van der Waals surface area (Å²) in [6.07, 6.45) is 1.71. The third-order valence-corrected chi connectivity index (χ3v) is 11.4. The Balaban J connectivity index is 1.30. The molecule has 10 nitrogen and oxygen atoms in total. The van der Waals surface area contributed by atoms with Crippen LogP contribution in [0.5, 0.6) is 11.5 Å². The Morgan fingerprint density at radius 3 is 2.36 bits per heavy atom. The Hall–Kier alpha value is -4.16. The molecule has 47 heavy (non-hydrogen) atoms. The van der Waals surface area contributed by atoms with Crippen LogP contribution in [0.4, 0.5) is 5.69 Å². The van der Waals surface area contributed by atoms with Gasteiger partial charge in [0.05, 0.1) is 17.5 Å². The van der Waals surface area contributed by atoms with Crippen molar-refractivity contribution in [3.8, 4) is 11.5 Å². The summed E-state index contributed by atoms with van der Waals surface area (Å²) in [5.74, 6) is -6.03. The van der Waals surface area contributed by atoms with Gasteiger partial charge >= 0.3 is 7.12 Å². The van der Waals surface area contributed by atoms with E-state index in [0.29, 0.717) is 11.3 Å². The molecule has 2 aliphatic heterocycles. The van der Waals surface area contributed by atoms with Crippen LogP contribution in [-0.2, 0) is 25.8 Å². The van der Waals surface area contributed by atoms with Crippen LogP contribution in [-0.4, -0.2) is 67.6 Å². The van der Waals surface area contributed by atoms with Crippen molar-refractivity contribution in [2.24, 2.45) is 17.8 Å². The van der Waals surface area contributed by atoms with Gasteiger partial charge in [0, 0.05) is 24.6 Å². The summed E-state index contributed by atoms with van der Waals surface area (Å²) in [5.41, 5.74) is 1.95. The van der Waals surface area contributed by atoms with Gasteiger partial charge < -0.3 is 19.9 Å². The minimum absolute atomic E-state index is 0.103. The molecule has 0 spiro atoms. The number of ether oxygens (including phenoxy) is 1. The maximum atomic E-state index is 14.2. The number of halogens is 2. The van der Waals surface area contributed by atoms with Crippen molar-refractivity contribution >= 4 is 65.1 Å². The maximum Gasteiger partial charge on any atom is 0.488 e. The number of carbonyl (C=O) groups excluding carboxylic acids is 4. The van der Waals surface area contributed by atoms with E-state index < -0.39 is 64.2 Å². The van der Waals surface area contributed by atoms with Gasteiger partial charge in [0.2, 0.25) is 11.8 Å². The van der Waals surface area contributed by atoms with Crippen molar-refractivity contribution in [1.29, 1.82) is 0 Å². The molecule has 3 fully saturated rings. The lowest BCUT2D eigenvalue weighted by atomic mass is 9.56. The van der Waals surface area contributed by atoms with Crippen LogP contribution in [0.3, 0.4) is 0 Å². The fraction of sp³-hybridized carbons (Fsp3) is 0.294. The Morgan fingerprint density at radius 2 is 1.66 bits per heavy atom. The highest BCUT2D eigenvalue weighted by Gasteiger charge is 2.76. The molecule has 1 saturated carbocycles. The molecule has 3 N–H and O–H groups in total. The van der Waals surface area contributed by atoms with Gasteiger partial charge in [-0.05, 0) is 48.0 Å². The SMILES string of the molecule is CN1C(=O)C2(Cl)CC3C(=CCC4C(=O)N(c5cccc(B(O)O)c5)C(=O)C43)C(c3ccc(OCc4ccccc4)cc3O)C2(Cl)C1=O. The predicted molar refractivity (Wildman–Crippen MR) is 173 cm³/mol. The summed E-state index contributed by atoms with van der Waals surface area (Å²) >= 11 is 14.4. The summed E-state index contributed by atoms with van der Waals surface area (Å²) < 4.78 is 5.89. The number of aromatic hydroxyl groups is 1. The lowest BCUT2D eigenvalue weighted by Crippen LogP contribution is -2.60. The summed E-state index contributed by atoms with van der Waals surface area (Å²) in [5, 5.41) is 30.8. The quantitative estimate of drug-likeness (QED) is 0.157. The van der Waals surface area contributed by atoms with Gasteiger partial charge in [-0.1, -0.05) is 60.2 Å². The second kappa shape index (κ2) is 11.2. The predicted octanol–water partition coefficient (Wildman–Crippen LogP) is 2.84. The molecule has 6 unspecified atom stereocenters. The molecule has 7 rings (SSSR count). The largest absolute Gasteiger partial charge is 0.508 e. The Labute approximate surface area is 280 Å². The fourth-order valence-electron chi connectivity index (χ4n) is 7.77. The van der Waals surface area contributed by atoms with Gasteiger partial charge in [0.1, 0.15) is 18.1 Å². The van der Waals surface area contributed by atoms with Crippen LogP contribution in [0.1, 0.15) is 29.9 Å². The fourth-order valence-corrected chi connectivity index (χ4v) is 8.78. The topological polar surface area (TPSA) is 145 Å². The molecule has 0 bridgehead atoms. The van der Waals surface area contributed by atoms with E-state index in [9.17, 15) is 34.3 Å². The summed E-state index contributed by atoms with van der Waals surface area (Å²) in [4.78, 5) is 53.3. The monoisotopic (exact) mass is 674 g/mol. The molecular formula is C34H29BCl2N2O8. The van der Waals surface area contributed by atoms with E-state index in [0.717, 1.165) is 15.4 Å². The average molecular weight is 675 g/mol. The molecular weight excluding hydrogens is 646 g/mol. The number of phenolic OH excluding ortho intramolecular Hbond substituents is 1. The molecule has 2 saturated heterocycles. The first kappa shape index (κ1) is 31.4. The number of carbonyl (C=O) groups is 4. The van der Waals surface area contributed by atoms with Gasteiger partial charge in [-0.3, -0.25) is 29.0 Å². The van der Waals surface area contributed by atoms with Crippen LogP contribution < -0.4 is 15.1 Å². The zero-order valence-corrected chi connectivity index (χ0v) is 26.6. The van der Waals surface area contributed by atoms with E-state index in [1.165, 1.54) is 37.4 Å². The number of imide groups is 2. The smallest absolute Gasteiger partial charge is 0.488 e. The standard InChI is InChI=1S/C34H29BCl2N2O8/c1-38-31(43)33(36)16-25-22(12-13-24-27(25)30(42)39(29(24)41)20-9-5-8-19(14-20)35(45)46)28(34(33,37)32(38)44)23-11-10-21(15-26(23)40)47-17-18-6-3-2-4-7-18/h2-12,14-15,24-25,27-28,40,45-46H,13,16-17H2,1H3. The number of hydrogen-bond acceptors (Lipinski definition) is 8. The molecule has 4 amide bonds. The number of allylic oxidation sites excluding steroid dienone is 2. The van der Waals surface area contributed by atoms with E-state index >= 15 is 0 Å². The maximum absolute atomic E-state index is 14.2. The van der Waals surface area contributed by atoms with Gasteiger partial charge in [0.15, 0.2) is 9.75 Å². The minimum atomic E-state index is -2.05. The third-order valence-electron chi connectivity index (χ3n) is 10.0. The molecule has 6 atom stereocenters. The van der Waals surface area contributed by atoms with Gasteiger partial charge in [-0.15, -0.1) is 23.2 Å². The number of fused-ring (bicyclic) bond motifs is 4. The van der Waals surface area contributed by atoms with Crippen molar-refractivity contribution in [3.63, 3.8) is 0 Å². The van der Waals surface area contributed by atoms with Crippen molar-refractivity contribution in [2.45, 2.75) is 35.1 Å². The summed E-state index contributed by atoms with van der Waals surface area (Å²) in [6, 6.07) is 19.9. The summed E-state index contributed by atoms with van der Waals surface area (Å²) in [6.45, 7) is 0.244. The molecule has 0 aromatic heterocycles. The van der Waals surface area contributed by atoms with E-state index in [1.54, 1.807) is 18.2 Å². The van der Waals surface area contributed by atoms with Crippen molar-refractivity contribution in [1.82, 2.24) is 4.90 Å². The first-order chi connectivity index (χ1) is 22.4. The third kappa shape index (κ3) is 4.55. The Morgan fingerprint density at radius 1 is 0.915 bits per heavy atom. The van der Waals surface area contributed by atoms with Crippen molar-refractivity contribution in [2.75, 3.05) is 11.9 Å². The van der Waals surface area contributed by atoms with E-state index in [1.807, 2.05) is 30.3 Å². The second-order valence-electron chi connectivity index (χ2n) is 12.5. The van der Waals surface area contributed by atoms with Gasteiger partial charge in [-0.25, -0.2) is 0 Å². The number of hydrogen-bond donors (Lipinski definition) is 3.